The molecular weight excluding hydrogens is 431 g/mol. The lowest BCUT2D eigenvalue weighted by Gasteiger charge is -2.31. The number of nitrogens with one attached hydrogen (secondary N) is 1. The number of para-hydroxylation sites is 1. The Morgan fingerprint density at radius 1 is 0.941 bits per heavy atom. The van der Waals surface area contributed by atoms with Gasteiger partial charge in [-0.1, -0.05) is 66.7 Å². The molecule has 3 aromatic rings. The van der Waals surface area contributed by atoms with Crippen LogP contribution in [-0.4, -0.2) is 35.9 Å². The van der Waals surface area contributed by atoms with Gasteiger partial charge in [0.25, 0.3) is 0 Å². The molecule has 1 atom stereocenters. The molecule has 0 saturated carbocycles. The summed E-state index contributed by atoms with van der Waals surface area (Å²) in [6.07, 6.45) is 1.01. The molecule has 0 aliphatic rings. The first kappa shape index (κ1) is 25.0. The highest BCUT2D eigenvalue weighted by Crippen LogP contribution is 2.18. The molecule has 0 unspecified atom stereocenters. The Balaban J connectivity index is 1.78. The van der Waals surface area contributed by atoms with E-state index in [2.05, 4.69) is 5.32 Å². The average molecular weight is 463 g/mol. The van der Waals surface area contributed by atoms with E-state index in [1.165, 1.54) is 11.0 Å². The molecule has 3 aromatic carbocycles. The zero-order valence-electron chi connectivity index (χ0n) is 19.5. The number of likely N-dealkylation sites (N-methyl/N-ethyl adjacent to an activating group) is 1. The number of halogens is 1. The smallest absolute Gasteiger partial charge is 0.243 e. The summed E-state index contributed by atoms with van der Waals surface area (Å²) in [5, 5.41) is 2.84. The van der Waals surface area contributed by atoms with Gasteiger partial charge in [0.1, 0.15) is 17.6 Å². The highest BCUT2D eigenvalue weighted by Gasteiger charge is 2.30. The van der Waals surface area contributed by atoms with Crippen molar-refractivity contribution in [1.82, 2.24) is 10.2 Å². The molecule has 0 heterocycles. The monoisotopic (exact) mass is 462 g/mol. The van der Waals surface area contributed by atoms with Gasteiger partial charge in [-0.25, -0.2) is 4.39 Å². The van der Waals surface area contributed by atoms with E-state index in [9.17, 15) is 14.0 Å². The highest BCUT2D eigenvalue weighted by molar-refractivity contribution is 5.88. The summed E-state index contributed by atoms with van der Waals surface area (Å²) < 4.78 is 20.2. The number of hydrogen-bond acceptors (Lipinski definition) is 3. The predicted octanol–water partition coefficient (Wildman–Crippen LogP) is 4.76. The van der Waals surface area contributed by atoms with Gasteiger partial charge in [-0.2, -0.15) is 0 Å². The molecule has 0 aliphatic carbocycles. The number of ether oxygens (including phenoxy) is 1. The summed E-state index contributed by atoms with van der Waals surface area (Å²) in [5.41, 5.74) is 1.30. The second-order valence-electron chi connectivity index (χ2n) is 7.98. The SMILES string of the molecule is CCNC(=O)[C@H](Cc1ccccc1)N(Cc1ccccc1F)C(=O)CCCOc1ccccc1. The van der Waals surface area contributed by atoms with Crippen molar-refractivity contribution in [2.24, 2.45) is 0 Å². The van der Waals surface area contributed by atoms with Crippen molar-refractivity contribution in [3.05, 3.63) is 102 Å². The third-order valence-electron chi connectivity index (χ3n) is 5.47. The van der Waals surface area contributed by atoms with Gasteiger partial charge in [-0.3, -0.25) is 9.59 Å². The maximum Gasteiger partial charge on any atom is 0.243 e. The molecule has 0 saturated heterocycles. The third-order valence-corrected chi connectivity index (χ3v) is 5.47. The van der Waals surface area contributed by atoms with E-state index in [-0.39, 0.29) is 24.8 Å². The summed E-state index contributed by atoms with van der Waals surface area (Å²) >= 11 is 0. The van der Waals surface area contributed by atoms with Crippen LogP contribution in [0.4, 0.5) is 4.39 Å². The van der Waals surface area contributed by atoms with Crippen molar-refractivity contribution in [1.29, 1.82) is 0 Å². The van der Waals surface area contributed by atoms with E-state index >= 15 is 0 Å². The van der Waals surface area contributed by atoms with Crippen LogP contribution < -0.4 is 10.1 Å². The van der Waals surface area contributed by atoms with Gasteiger partial charge in [-0.05, 0) is 37.1 Å². The Labute approximate surface area is 200 Å². The van der Waals surface area contributed by atoms with E-state index in [4.69, 9.17) is 4.74 Å². The minimum Gasteiger partial charge on any atom is -0.494 e. The highest BCUT2D eigenvalue weighted by atomic mass is 19.1. The van der Waals surface area contributed by atoms with Gasteiger partial charge in [0.2, 0.25) is 11.8 Å². The van der Waals surface area contributed by atoms with E-state index in [0.29, 0.717) is 31.6 Å². The Kier molecular flexibility index (Phi) is 9.65. The van der Waals surface area contributed by atoms with Crippen molar-refractivity contribution < 1.29 is 18.7 Å². The molecule has 5 nitrogen and oxygen atoms in total. The Morgan fingerprint density at radius 3 is 2.26 bits per heavy atom. The standard InChI is InChI=1S/C28H31FN2O3/c1-2-30-28(33)26(20-22-12-5-3-6-13-22)31(21-23-14-9-10-17-25(23)29)27(32)18-11-19-34-24-15-7-4-8-16-24/h3-10,12-17,26H,2,11,18-21H2,1H3,(H,30,33)/t26-/m0/s1. The zero-order valence-corrected chi connectivity index (χ0v) is 19.5. The van der Waals surface area contributed by atoms with Crippen LogP contribution in [0.5, 0.6) is 5.75 Å². The summed E-state index contributed by atoms with van der Waals surface area (Å²) in [4.78, 5) is 27.9. The van der Waals surface area contributed by atoms with Crippen LogP contribution in [-0.2, 0) is 22.6 Å². The van der Waals surface area contributed by atoms with E-state index in [0.717, 1.165) is 11.3 Å². The number of rotatable bonds is 12. The Morgan fingerprint density at radius 2 is 1.59 bits per heavy atom. The number of carbonyl (C=O) groups excluding carboxylic acids is 2. The van der Waals surface area contributed by atoms with Gasteiger partial charge in [0.05, 0.1) is 6.61 Å². The number of hydrogen-bond donors (Lipinski definition) is 1. The molecule has 0 aliphatic heterocycles. The number of carbonyl (C=O) groups is 2. The molecule has 0 fully saturated rings. The largest absolute Gasteiger partial charge is 0.494 e. The molecule has 0 bridgehead atoms. The summed E-state index contributed by atoms with van der Waals surface area (Å²) in [6, 6.07) is 24.5. The lowest BCUT2D eigenvalue weighted by Crippen LogP contribution is -2.50. The minimum atomic E-state index is -0.760. The van der Waals surface area contributed by atoms with Gasteiger partial charge >= 0.3 is 0 Å². The van der Waals surface area contributed by atoms with Crippen molar-refractivity contribution >= 4 is 11.8 Å². The van der Waals surface area contributed by atoms with Crippen LogP contribution in [0.2, 0.25) is 0 Å². The van der Waals surface area contributed by atoms with Crippen molar-refractivity contribution in [3.8, 4) is 5.75 Å². The number of amides is 2. The molecule has 6 heteroatoms. The van der Waals surface area contributed by atoms with E-state index in [1.54, 1.807) is 18.2 Å². The first-order valence-electron chi connectivity index (χ1n) is 11.6. The van der Waals surface area contributed by atoms with Crippen LogP contribution in [0, 0.1) is 5.82 Å². The van der Waals surface area contributed by atoms with Crippen molar-refractivity contribution in [3.63, 3.8) is 0 Å². The second kappa shape index (κ2) is 13.1. The van der Waals surface area contributed by atoms with Gasteiger partial charge in [0.15, 0.2) is 0 Å². The van der Waals surface area contributed by atoms with E-state index < -0.39 is 11.9 Å². The van der Waals surface area contributed by atoms with Crippen LogP contribution in [0.1, 0.15) is 30.9 Å². The predicted molar refractivity (Wildman–Crippen MR) is 131 cm³/mol. The van der Waals surface area contributed by atoms with Crippen LogP contribution in [0.3, 0.4) is 0 Å². The van der Waals surface area contributed by atoms with E-state index in [1.807, 2.05) is 67.6 Å². The first-order chi connectivity index (χ1) is 16.6. The minimum absolute atomic E-state index is 0.0136. The van der Waals surface area contributed by atoms with Crippen molar-refractivity contribution in [2.45, 2.75) is 38.8 Å². The molecule has 3 rings (SSSR count). The second-order valence-corrected chi connectivity index (χ2v) is 7.98. The topological polar surface area (TPSA) is 58.6 Å². The molecule has 178 valence electrons. The van der Waals surface area contributed by atoms with Crippen LogP contribution in [0.25, 0.3) is 0 Å². The average Bonchev–Trinajstić information content (AvgIpc) is 2.86. The Bertz CT molecular complexity index is 1040. The van der Waals surface area contributed by atoms with Crippen LogP contribution in [0.15, 0.2) is 84.9 Å². The fourth-order valence-electron chi connectivity index (χ4n) is 3.73. The fraction of sp³-hybridized carbons (Fsp3) is 0.286. The van der Waals surface area contributed by atoms with Gasteiger partial charge in [-0.15, -0.1) is 0 Å². The molecule has 0 aromatic heterocycles. The molecule has 0 radical (unpaired) electrons. The van der Waals surface area contributed by atoms with Gasteiger partial charge < -0.3 is 15.0 Å². The Hall–Kier alpha value is -3.67. The van der Waals surface area contributed by atoms with Gasteiger partial charge in [0, 0.05) is 31.5 Å². The first-order valence-corrected chi connectivity index (χ1v) is 11.6. The lowest BCUT2D eigenvalue weighted by molar-refractivity contribution is -0.141. The lowest BCUT2D eigenvalue weighted by atomic mass is 10.0. The summed E-state index contributed by atoms with van der Waals surface area (Å²) in [5.74, 6) is -0.131. The molecule has 1 N–H and O–H groups in total. The fourth-order valence-corrected chi connectivity index (χ4v) is 3.73. The maximum absolute atomic E-state index is 14.5. The van der Waals surface area contributed by atoms with Crippen LogP contribution >= 0.6 is 0 Å². The number of benzene rings is 3. The zero-order chi connectivity index (χ0) is 24.2. The molecule has 2 amide bonds. The maximum atomic E-state index is 14.5. The summed E-state index contributed by atoms with van der Waals surface area (Å²) in [7, 11) is 0. The normalized spacial score (nSPS) is 11.5. The quantitative estimate of drug-likeness (QED) is 0.395. The molecular formula is C28H31FN2O3. The molecule has 0 spiro atoms. The molecule has 34 heavy (non-hydrogen) atoms. The summed E-state index contributed by atoms with van der Waals surface area (Å²) in [6.45, 7) is 2.66. The number of nitrogens with zero attached hydrogens (tertiary/aromatic N) is 1. The third kappa shape index (κ3) is 7.44. The van der Waals surface area contributed by atoms with Crippen molar-refractivity contribution in [2.75, 3.05) is 13.2 Å².